The lowest BCUT2D eigenvalue weighted by atomic mass is 10.1. The summed E-state index contributed by atoms with van der Waals surface area (Å²) in [6, 6.07) is 4.00. The molecule has 0 unspecified atom stereocenters. The molecule has 0 spiro atoms. The van der Waals surface area contributed by atoms with E-state index in [4.69, 9.17) is 10.5 Å². The molecule has 0 saturated carbocycles. The molecule has 0 radical (unpaired) electrons. The fraction of sp³-hybridized carbons (Fsp3) is 0.533. The maximum atomic E-state index is 6.05. The van der Waals surface area contributed by atoms with E-state index in [9.17, 15) is 0 Å². The number of ether oxygens (including phenoxy) is 1. The standard InChI is InChI=1S/C15H23N3OS/c1-10(2)4-6-19-7-5-17-13-9-14-15(8-12(13)16)20-11(3)18-14/h8-10,17H,4-7,16H2,1-3H3. The SMILES string of the molecule is Cc1nc2cc(NCCOCCC(C)C)c(N)cc2s1. The average Bonchev–Trinajstić information content (AvgIpc) is 2.72. The highest BCUT2D eigenvalue weighted by atomic mass is 32.1. The van der Waals surface area contributed by atoms with E-state index in [1.165, 1.54) is 0 Å². The van der Waals surface area contributed by atoms with Crippen LogP contribution < -0.4 is 11.1 Å². The molecular formula is C15H23N3OS. The highest BCUT2D eigenvalue weighted by molar-refractivity contribution is 7.18. The van der Waals surface area contributed by atoms with Crippen molar-refractivity contribution < 1.29 is 4.74 Å². The first kappa shape index (κ1) is 15.1. The molecular weight excluding hydrogens is 270 g/mol. The molecule has 0 atom stereocenters. The van der Waals surface area contributed by atoms with Crippen LogP contribution in [0.15, 0.2) is 12.1 Å². The normalized spacial score (nSPS) is 11.4. The van der Waals surface area contributed by atoms with Gasteiger partial charge >= 0.3 is 0 Å². The van der Waals surface area contributed by atoms with Crippen molar-refractivity contribution in [1.29, 1.82) is 0 Å². The molecule has 20 heavy (non-hydrogen) atoms. The van der Waals surface area contributed by atoms with Crippen LogP contribution in [-0.4, -0.2) is 24.7 Å². The summed E-state index contributed by atoms with van der Waals surface area (Å²) >= 11 is 1.67. The van der Waals surface area contributed by atoms with Crippen LogP contribution in [0.5, 0.6) is 0 Å². The maximum absolute atomic E-state index is 6.05. The highest BCUT2D eigenvalue weighted by Gasteiger charge is 2.05. The van der Waals surface area contributed by atoms with Gasteiger partial charge in [0, 0.05) is 13.2 Å². The molecule has 0 aliphatic heterocycles. The smallest absolute Gasteiger partial charge is 0.0907 e. The van der Waals surface area contributed by atoms with Crippen molar-refractivity contribution in [2.75, 3.05) is 30.8 Å². The van der Waals surface area contributed by atoms with Crippen LogP contribution in [0.3, 0.4) is 0 Å². The lowest BCUT2D eigenvalue weighted by molar-refractivity contribution is 0.133. The van der Waals surface area contributed by atoms with E-state index >= 15 is 0 Å². The van der Waals surface area contributed by atoms with Gasteiger partial charge in [0.1, 0.15) is 0 Å². The van der Waals surface area contributed by atoms with Gasteiger partial charge in [-0.1, -0.05) is 13.8 Å². The molecule has 2 aromatic rings. The molecule has 0 fully saturated rings. The van der Waals surface area contributed by atoms with Crippen LogP contribution in [0, 0.1) is 12.8 Å². The van der Waals surface area contributed by atoms with Gasteiger partial charge in [0.25, 0.3) is 0 Å². The molecule has 0 saturated heterocycles. The number of hydrogen-bond donors (Lipinski definition) is 2. The second kappa shape index (κ2) is 6.90. The van der Waals surface area contributed by atoms with Crippen molar-refractivity contribution in [1.82, 2.24) is 4.98 Å². The van der Waals surface area contributed by atoms with Crippen LogP contribution >= 0.6 is 11.3 Å². The molecule has 0 aliphatic rings. The number of nitrogens with one attached hydrogen (secondary N) is 1. The van der Waals surface area contributed by atoms with Crippen molar-refractivity contribution in [2.45, 2.75) is 27.2 Å². The van der Waals surface area contributed by atoms with Crippen molar-refractivity contribution in [3.63, 3.8) is 0 Å². The Morgan fingerprint density at radius 2 is 2.15 bits per heavy atom. The third-order valence-electron chi connectivity index (χ3n) is 3.07. The third-order valence-corrected chi connectivity index (χ3v) is 4.00. The molecule has 1 aromatic heterocycles. The lowest BCUT2D eigenvalue weighted by Gasteiger charge is -2.10. The van der Waals surface area contributed by atoms with Crippen molar-refractivity contribution in [3.05, 3.63) is 17.1 Å². The summed E-state index contributed by atoms with van der Waals surface area (Å²) in [6.45, 7) is 8.69. The van der Waals surface area contributed by atoms with Crippen LogP contribution in [0.4, 0.5) is 11.4 Å². The summed E-state index contributed by atoms with van der Waals surface area (Å²) in [5, 5.41) is 4.38. The average molecular weight is 293 g/mol. The maximum Gasteiger partial charge on any atom is 0.0907 e. The van der Waals surface area contributed by atoms with Gasteiger partial charge in [-0.15, -0.1) is 11.3 Å². The van der Waals surface area contributed by atoms with Crippen LogP contribution in [0.2, 0.25) is 0 Å². The van der Waals surface area contributed by atoms with Gasteiger partial charge in [0.15, 0.2) is 0 Å². The fourth-order valence-electron chi connectivity index (χ4n) is 1.94. The highest BCUT2D eigenvalue weighted by Crippen LogP contribution is 2.29. The molecule has 1 aromatic carbocycles. The molecule has 1 heterocycles. The third kappa shape index (κ3) is 4.08. The van der Waals surface area contributed by atoms with Crippen LogP contribution in [0.1, 0.15) is 25.3 Å². The summed E-state index contributed by atoms with van der Waals surface area (Å²) in [6.07, 6.45) is 1.10. The molecule has 110 valence electrons. The van der Waals surface area contributed by atoms with Gasteiger partial charge in [0.05, 0.1) is 33.2 Å². The first-order chi connectivity index (χ1) is 9.56. The largest absolute Gasteiger partial charge is 0.397 e. The van der Waals surface area contributed by atoms with E-state index in [0.717, 1.165) is 46.2 Å². The zero-order valence-corrected chi connectivity index (χ0v) is 13.2. The van der Waals surface area contributed by atoms with Crippen molar-refractivity contribution in [2.24, 2.45) is 5.92 Å². The van der Waals surface area contributed by atoms with Crippen molar-refractivity contribution >= 4 is 32.9 Å². The number of aromatic nitrogens is 1. The number of nitrogens with zero attached hydrogens (tertiary/aromatic N) is 1. The summed E-state index contributed by atoms with van der Waals surface area (Å²) < 4.78 is 6.72. The first-order valence-corrected chi connectivity index (χ1v) is 7.86. The molecule has 5 heteroatoms. The van der Waals surface area contributed by atoms with Crippen molar-refractivity contribution in [3.8, 4) is 0 Å². The molecule has 0 amide bonds. The van der Waals surface area contributed by atoms with Crippen LogP contribution in [0.25, 0.3) is 10.2 Å². The number of nitrogens with two attached hydrogens (primary N) is 1. The number of nitrogen functional groups attached to an aromatic ring is 1. The van der Waals surface area contributed by atoms with E-state index < -0.39 is 0 Å². The molecule has 0 aliphatic carbocycles. The van der Waals surface area contributed by atoms with E-state index in [2.05, 4.69) is 24.1 Å². The minimum Gasteiger partial charge on any atom is -0.397 e. The van der Waals surface area contributed by atoms with Gasteiger partial charge in [0.2, 0.25) is 0 Å². The quantitative estimate of drug-likeness (QED) is 0.604. The summed E-state index contributed by atoms with van der Waals surface area (Å²) in [7, 11) is 0. The molecule has 0 bridgehead atoms. The monoisotopic (exact) mass is 293 g/mol. The Bertz CT molecular complexity index is 565. The second-order valence-electron chi connectivity index (χ2n) is 5.36. The van der Waals surface area contributed by atoms with Gasteiger partial charge in [-0.3, -0.25) is 0 Å². The van der Waals surface area contributed by atoms with Crippen LogP contribution in [-0.2, 0) is 4.74 Å². The molecule has 3 N–H and O–H groups in total. The lowest BCUT2D eigenvalue weighted by Crippen LogP contribution is -2.11. The van der Waals surface area contributed by atoms with E-state index in [1.54, 1.807) is 11.3 Å². The number of hydrogen-bond acceptors (Lipinski definition) is 5. The van der Waals surface area contributed by atoms with Gasteiger partial charge in [-0.05, 0) is 31.4 Å². The molecule has 4 nitrogen and oxygen atoms in total. The Hall–Kier alpha value is -1.33. The number of aryl methyl sites for hydroxylation is 1. The topological polar surface area (TPSA) is 60.2 Å². The fourth-order valence-corrected chi connectivity index (χ4v) is 2.79. The predicted octanol–water partition coefficient (Wildman–Crippen LogP) is 3.66. The summed E-state index contributed by atoms with van der Waals surface area (Å²) in [5.74, 6) is 0.689. The Morgan fingerprint density at radius 3 is 2.90 bits per heavy atom. The Morgan fingerprint density at radius 1 is 1.35 bits per heavy atom. The van der Waals surface area contributed by atoms with Gasteiger partial charge in [-0.25, -0.2) is 4.98 Å². The van der Waals surface area contributed by atoms with Gasteiger partial charge < -0.3 is 15.8 Å². The Balaban J connectivity index is 1.85. The van der Waals surface area contributed by atoms with E-state index in [-0.39, 0.29) is 0 Å². The first-order valence-electron chi connectivity index (χ1n) is 7.04. The zero-order chi connectivity index (χ0) is 14.5. The van der Waals surface area contributed by atoms with Gasteiger partial charge in [-0.2, -0.15) is 0 Å². The zero-order valence-electron chi connectivity index (χ0n) is 12.4. The minimum atomic E-state index is 0.689. The Kier molecular flexibility index (Phi) is 5.20. The predicted molar refractivity (Wildman–Crippen MR) is 87.5 cm³/mol. The number of anilines is 2. The number of benzene rings is 1. The number of thiazole rings is 1. The number of rotatable bonds is 7. The summed E-state index contributed by atoms with van der Waals surface area (Å²) in [5.41, 5.74) is 8.76. The number of fused-ring (bicyclic) bond motifs is 1. The second-order valence-corrected chi connectivity index (χ2v) is 6.60. The summed E-state index contributed by atoms with van der Waals surface area (Å²) in [4.78, 5) is 4.48. The van der Waals surface area contributed by atoms with E-state index in [1.807, 2.05) is 19.1 Å². The Labute approximate surface area is 124 Å². The molecule has 2 rings (SSSR count). The minimum absolute atomic E-state index is 0.689. The van der Waals surface area contributed by atoms with E-state index in [0.29, 0.717) is 12.5 Å².